The molecule has 0 bridgehead atoms. The summed E-state index contributed by atoms with van der Waals surface area (Å²) in [6.07, 6.45) is 0. The van der Waals surface area contributed by atoms with E-state index in [1.165, 1.54) is 6.07 Å². The van der Waals surface area contributed by atoms with Crippen LogP contribution in [0.2, 0.25) is 5.02 Å². The summed E-state index contributed by atoms with van der Waals surface area (Å²) in [6.45, 7) is 0.568. The third-order valence-corrected chi connectivity index (χ3v) is 3.03. The van der Waals surface area contributed by atoms with Crippen LogP contribution in [0, 0.1) is 10.1 Å². The smallest absolute Gasteiger partial charge is 0.277 e. The van der Waals surface area contributed by atoms with Gasteiger partial charge in [0.2, 0.25) is 0 Å². The van der Waals surface area contributed by atoms with Crippen LogP contribution in [0.5, 0.6) is 5.75 Å². The number of nitrogens with zero attached hydrogens (tertiary/aromatic N) is 1. The van der Waals surface area contributed by atoms with Crippen LogP contribution in [-0.2, 0) is 13.2 Å². The molecule has 0 aliphatic heterocycles. The van der Waals surface area contributed by atoms with Crippen molar-refractivity contribution in [2.45, 2.75) is 13.2 Å². The molecule has 2 aromatic rings. The molecule has 0 radical (unpaired) electrons. The third-order valence-electron chi connectivity index (χ3n) is 2.80. The van der Waals surface area contributed by atoms with E-state index < -0.39 is 4.92 Å². The molecule has 0 saturated heterocycles. The zero-order chi connectivity index (χ0) is 14.5. The normalized spacial score (nSPS) is 10.3. The number of rotatable bonds is 5. The van der Waals surface area contributed by atoms with Gasteiger partial charge in [0.1, 0.15) is 12.4 Å². The number of nitro groups is 1. The number of benzene rings is 2. The van der Waals surface area contributed by atoms with Crippen LogP contribution in [0.1, 0.15) is 11.1 Å². The van der Waals surface area contributed by atoms with Crippen molar-refractivity contribution in [3.63, 3.8) is 0 Å². The van der Waals surface area contributed by atoms with Gasteiger partial charge in [-0.3, -0.25) is 10.1 Å². The highest BCUT2D eigenvalue weighted by Crippen LogP contribution is 2.24. The maximum absolute atomic E-state index is 10.9. The molecule has 0 spiro atoms. The first-order chi connectivity index (χ1) is 9.60. The van der Waals surface area contributed by atoms with E-state index in [1.54, 1.807) is 24.3 Å². The second-order valence-electron chi connectivity index (χ2n) is 4.17. The minimum atomic E-state index is -0.470. The molecule has 2 aromatic carbocycles. The van der Waals surface area contributed by atoms with E-state index in [-0.39, 0.29) is 12.3 Å². The lowest BCUT2D eigenvalue weighted by atomic mass is 10.2. The molecule has 0 atom stereocenters. The molecule has 6 heteroatoms. The van der Waals surface area contributed by atoms with Crippen LogP contribution in [0.4, 0.5) is 5.69 Å². The van der Waals surface area contributed by atoms with Crippen molar-refractivity contribution in [1.82, 2.24) is 0 Å². The predicted molar refractivity (Wildman–Crippen MR) is 76.8 cm³/mol. The van der Waals surface area contributed by atoms with Gasteiger partial charge >= 0.3 is 0 Å². The molecule has 0 aliphatic carbocycles. The fourth-order valence-electron chi connectivity index (χ4n) is 1.71. The molecule has 0 fully saturated rings. The van der Waals surface area contributed by atoms with Crippen LogP contribution >= 0.6 is 11.6 Å². The second-order valence-corrected chi connectivity index (χ2v) is 4.60. The molecule has 5 nitrogen and oxygen atoms in total. The second kappa shape index (κ2) is 6.36. The molecule has 0 unspecified atom stereocenters. The Bertz CT molecular complexity index is 614. The summed E-state index contributed by atoms with van der Waals surface area (Å²) in [6, 6.07) is 11.8. The Hall–Kier alpha value is -2.11. The molecule has 0 aliphatic rings. The van der Waals surface area contributed by atoms with Crippen molar-refractivity contribution in [3.05, 3.63) is 68.7 Å². The van der Waals surface area contributed by atoms with Crippen LogP contribution in [-0.4, -0.2) is 4.92 Å². The Morgan fingerprint density at radius 3 is 2.50 bits per heavy atom. The summed E-state index contributed by atoms with van der Waals surface area (Å²) in [7, 11) is 0. The van der Waals surface area contributed by atoms with Crippen molar-refractivity contribution >= 4 is 17.3 Å². The maximum Gasteiger partial charge on any atom is 0.277 e. The van der Waals surface area contributed by atoms with E-state index in [0.29, 0.717) is 22.9 Å². The standard InChI is InChI=1S/C14H13ClN2O3/c15-12-4-3-11(14(7-12)17(18)19)9-20-13-5-1-10(8-16)2-6-13/h1-7H,8-9,16H2. The van der Waals surface area contributed by atoms with Crippen LogP contribution in [0.3, 0.4) is 0 Å². The molecule has 0 amide bonds. The number of nitro benzene ring substituents is 1. The molecule has 0 aromatic heterocycles. The minimum absolute atomic E-state index is 0.0453. The Morgan fingerprint density at radius 2 is 1.90 bits per heavy atom. The van der Waals surface area contributed by atoms with E-state index in [9.17, 15) is 10.1 Å². The SMILES string of the molecule is NCc1ccc(OCc2ccc(Cl)cc2[N+](=O)[O-])cc1. The Balaban J connectivity index is 2.12. The van der Waals surface area contributed by atoms with E-state index in [0.717, 1.165) is 5.56 Å². The lowest BCUT2D eigenvalue weighted by Gasteiger charge is -2.07. The fourth-order valence-corrected chi connectivity index (χ4v) is 1.88. The first-order valence-corrected chi connectivity index (χ1v) is 6.32. The number of ether oxygens (including phenoxy) is 1. The highest BCUT2D eigenvalue weighted by atomic mass is 35.5. The molecule has 2 N–H and O–H groups in total. The Labute approximate surface area is 121 Å². The predicted octanol–water partition coefficient (Wildman–Crippen LogP) is 3.29. The molecule has 0 saturated carbocycles. The van der Waals surface area contributed by atoms with Gasteiger partial charge in [-0.1, -0.05) is 23.7 Å². The summed E-state index contributed by atoms with van der Waals surface area (Å²) in [5.41, 5.74) is 6.93. The lowest BCUT2D eigenvalue weighted by Crippen LogP contribution is -2.01. The van der Waals surface area contributed by atoms with E-state index in [2.05, 4.69) is 0 Å². The fraction of sp³-hybridized carbons (Fsp3) is 0.143. The van der Waals surface area contributed by atoms with E-state index in [4.69, 9.17) is 22.1 Å². The summed E-state index contributed by atoms with van der Waals surface area (Å²) in [4.78, 5) is 10.5. The lowest BCUT2D eigenvalue weighted by molar-refractivity contribution is -0.385. The topological polar surface area (TPSA) is 78.4 Å². The molecule has 104 valence electrons. The highest BCUT2D eigenvalue weighted by molar-refractivity contribution is 6.30. The van der Waals surface area contributed by atoms with Gasteiger partial charge in [-0.15, -0.1) is 0 Å². The summed E-state index contributed by atoms with van der Waals surface area (Å²) in [5.74, 6) is 0.631. The zero-order valence-corrected chi connectivity index (χ0v) is 11.3. The molecular formula is C14H13ClN2O3. The van der Waals surface area contributed by atoms with Crippen molar-refractivity contribution in [2.24, 2.45) is 5.73 Å². The van der Waals surface area contributed by atoms with Gasteiger partial charge < -0.3 is 10.5 Å². The van der Waals surface area contributed by atoms with Crippen molar-refractivity contribution in [3.8, 4) is 5.75 Å². The molecular weight excluding hydrogens is 280 g/mol. The summed E-state index contributed by atoms with van der Waals surface area (Å²) < 4.78 is 5.53. The van der Waals surface area contributed by atoms with Crippen molar-refractivity contribution < 1.29 is 9.66 Å². The minimum Gasteiger partial charge on any atom is -0.489 e. The van der Waals surface area contributed by atoms with Crippen LogP contribution < -0.4 is 10.5 Å². The maximum atomic E-state index is 10.9. The number of halogens is 1. The molecule has 2 rings (SSSR count). The average Bonchev–Trinajstić information content (AvgIpc) is 2.46. The summed E-state index contributed by atoms with van der Waals surface area (Å²) >= 11 is 5.75. The van der Waals surface area contributed by atoms with Crippen molar-refractivity contribution in [2.75, 3.05) is 0 Å². The molecule has 0 heterocycles. The first kappa shape index (κ1) is 14.3. The zero-order valence-electron chi connectivity index (χ0n) is 10.6. The highest BCUT2D eigenvalue weighted by Gasteiger charge is 2.14. The Morgan fingerprint density at radius 1 is 1.20 bits per heavy atom. The number of nitrogens with two attached hydrogens (primary N) is 1. The van der Waals surface area contributed by atoms with E-state index >= 15 is 0 Å². The first-order valence-electron chi connectivity index (χ1n) is 5.95. The van der Waals surface area contributed by atoms with Gasteiger partial charge in [0.25, 0.3) is 5.69 Å². The van der Waals surface area contributed by atoms with Gasteiger partial charge in [0, 0.05) is 17.6 Å². The van der Waals surface area contributed by atoms with Crippen molar-refractivity contribution in [1.29, 1.82) is 0 Å². The number of hydrogen-bond acceptors (Lipinski definition) is 4. The third kappa shape index (κ3) is 3.46. The van der Waals surface area contributed by atoms with Gasteiger partial charge in [0.15, 0.2) is 0 Å². The number of hydrogen-bond donors (Lipinski definition) is 1. The average molecular weight is 293 g/mol. The monoisotopic (exact) mass is 292 g/mol. The van der Waals surface area contributed by atoms with Gasteiger partial charge in [0.05, 0.1) is 10.5 Å². The Kier molecular flexibility index (Phi) is 4.55. The molecule has 20 heavy (non-hydrogen) atoms. The van der Waals surface area contributed by atoms with E-state index in [1.807, 2.05) is 12.1 Å². The largest absolute Gasteiger partial charge is 0.489 e. The van der Waals surface area contributed by atoms with Gasteiger partial charge in [-0.2, -0.15) is 0 Å². The van der Waals surface area contributed by atoms with Gasteiger partial charge in [-0.25, -0.2) is 0 Å². The van der Waals surface area contributed by atoms with Crippen LogP contribution in [0.15, 0.2) is 42.5 Å². The quantitative estimate of drug-likeness (QED) is 0.677. The van der Waals surface area contributed by atoms with Crippen LogP contribution in [0.25, 0.3) is 0 Å². The summed E-state index contributed by atoms with van der Waals surface area (Å²) in [5, 5.41) is 11.3. The van der Waals surface area contributed by atoms with Gasteiger partial charge in [-0.05, 0) is 29.8 Å².